The Labute approximate surface area is 125 Å². The second kappa shape index (κ2) is 6.71. The van der Waals surface area contributed by atoms with Crippen molar-refractivity contribution in [3.8, 4) is 0 Å². The quantitative estimate of drug-likeness (QED) is 0.655. The molecule has 0 aliphatic rings. The Morgan fingerprint density at radius 1 is 1.60 bits per heavy atom. The van der Waals surface area contributed by atoms with Crippen molar-refractivity contribution < 1.29 is 4.79 Å². The number of pyridine rings is 1. The van der Waals surface area contributed by atoms with Crippen molar-refractivity contribution in [3.63, 3.8) is 0 Å². The molecule has 0 aliphatic carbocycles. The van der Waals surface area contributed by atoms with E-state index in [2.05, 4.69) is 25.5 Å². The SMILES string of the molecule is CCc1nc(SC(C)C(=O)Nc2cccnc2Cl)n[nH]1. The maximum atomic E-state index is 12.1. The number of aromatic nitrogens is 4. The first-order valence-corrected chi connectivity index (χ1v) is 7.35. The standard InChI is InChI=1S/C12H14ClN5OS/c1-3-9-16-12(18-17-9)20-7(2)11(19)15-8-5-4-6-14-10(8)13/h4-7H,3H2,1-2H3,(H,15,19)(H,16,17,18). The summed E-state index contributed by atoms with van der Waals surface area (Å²) in [5, 5.41) is 10.1. The molecule has 0 aliphatic heterocycles. The first-order chi connectivity index (χ1) is 9.60. The van der Waals surface area contributed by atoms with Crippen LogP contribution in [-0.4, -0.2) is 31.3 Å². The monoisotopic (exact) mass is 311 g/mol. The Balaban J connectivity index is 1.97. The fraction of sp³-hybridized carbons (Fsp3) is 0.333. The highest BCUT2D eigenvalue weighted by Crippen LogP contribution is 2.22. The Kier molecular flexibility index (Phi) is 4.97. The van der Waals surface area contributed by atoms with Crippen molar-refractivity contribution in [2.24, 2.45) is 0 Å². The molecular formula is C12H14ClN5OS. The van der Waals surface area contributed by atoms with Gasteiger partial charge in [-0.05, 0) is 19.1 Å². The van der Waals surface area contributed by atoms with Gasteiger partial charge in [0, 0.05) is 12.6 Å². The first kappa shape index (κ1) is 14.8. The summed E-state index contributed by atoms with van der Waals surface area (Å²) in [6.07, 6.45) is 2.34. The van der Waals surface area contributed by atoms with E-state index in [1.54, 1.807) is 25.3 Å². The predicted octanol–water partition coefficient (Wildman–Crippen LogP) is 2.53. The molecule has 0 radical (unpaired) electrons. The molecule has 6 nitrogen and oxygen atoms in total. The lowest BCUT2D eigenvalue weighted by atomic mass is 10.4. The molecule has 2 aromatic heterocycles. The van der Waals surface area contributed by atoms with Crippen LogP contribution in [0, 0.1) is 0 Å². The smallest absolute Gasteiger partial charge is 0.237 e. The van der Waals surface area contributed by atoms with Gasteiger partial charge in [-0.2, -0.15) is 0 Å². The van der Waals surface area contributed by atoms with Crippen LogP contribution in [0.3, 0.4) is 0 Å². The zero-order valence-electron chi connectivity index (χ0n) is 11.1. The van der Waals surface area contributed by atoms with E-state index in [0.717, 1.165) is 12.2 Å². The van der Waals surface area contributed by atoms with Crippen LogP contribution in [0.25, 0.3) is 0 Å². The summed E-state index contributed by atoms with van der Waals surface area (Å²) in [6, 6.07) is 3.41. The summed E-state index contributed by atoms with van der Waals surface area (Å²) >= 11 is 7.18. The van der Waals surface area contributed by atoms with E-state index in [0.29, 0.717) is 10.8 Å². The van der Waals surface area contributed by atoms with E-state index in [4.69, 9.17) is 11.6 Å². The van der Waals surface area contributed by atoms with Crippen molar-refractivity contribution in [3.05, 3.63) is 29.3 Å². The van der Waals surface area contributed by atoms with Gasteiger partial charge in [0.05, 0.1) is 10.9 Å². The molecular weight excluding hydrogens is 298 g/mol. The largest absolute Gasteiger partial charge is 0.322 e. The maximum absolute atomic E-state index is 12.1. The van der Waals surface area contributed by atoms with Gasteiger partial charge < -0.3 is 5.32 Å². The molecule has 0 bridgehead atoms. The van der Waals surface area contributed by atoms with Crippen molar-refractivity contribution in [1.29, 1.82) is 0 Å². The van der Waals surface area contributed by atoms with Crippen LogP contribution >= 0.6 is 23.4 Å². The number of carbonyl (C=O) groups is 1. The van der Waals surface area contributed by atoms with Crippen molar-refractivity contribution >= 4 is 35.0 Å². The predicted molar refractivity (Wildman–Crippen MR) is 79.0 cm³/mol. The van der Waals surface area contributed by atoms with E-state index < -0.39 is 0 Å². The molecule has 2 N–H and O–H groups in total. The summed E-state index contributed by atoms with van der Waals surface area (Å²) in [4.78, 5) is 20.2. The number of nitrogens with one attached hydrogen (secondary N) is 2. The number of amides is 1. The van der Waals surface area contributed by atoms with Gasteiger partial charge in [0.1, 0.15) is 5.82 Å². The molecule has 0 fully saturated rings. The number of rotatable bonds is 5. The van der Waals surface area contributed by atoms with E-state index in [1.165, 1.54) is 11.8 Å². The second-order valence-electron chi connectivity index (χ2n) is 4.01. The van der Waals surface area contributed by atoms with Crippen molar-refractivity contribution in [2.45, 2.75) is 30.7 Å². The van der Waals surface area contributed by atoms with E-state index in [1.807, 2.05) is 6.92 Å². The van der Waals surface area contributed by atoms with Crippen LogP contribution in [0.5, 0.6) is 0 Å². The van der Waals surface area contributed by atoms with Gasteiger partial charge in [-0.3, -0.25) is 9.89 Å². The van der Waals surface area contributed by atoms with Gasteiger partial charge in [0.25, 0.3) is 0 Å². The van der Waals surface area contributed by atoms with Crippen LogP contribution in [0.2, 0.25) is 5.15 Å². The second-order valence-corrected chi connectivity index (χ2v) is 5.68. The molecule has 2 rings (SSSR count). The minimum Gasteiger partial charge on any atom is -0.322 e. The number of anilines is 1. The highest BCUT2D eigenvalue weighted by molar-refractivity contribution is 8.00. The lowest BCUT2D eigenvalue weighted by Crippen LogP contribution is -2.22. The topological polar surface area (TPSA) is 83.6 Å². The number of hydrogen-bond acceptors (Lipinski definition) is 5. The molecule has 8 heteroatoms. The highest BCUT2D eigenvalue weighted by atomic mass is 35.5. The lowest BCUT2D eigenvalue weighted by Gasteiger charge is -2.10. The first-order valence-electron chi connectivity index (χ1n) is 6.09. The fourth-order valence-electron chi connectivity index (χ4n) is 1.41. The summed E-state index contributed by atoms with van der Waals surface area (Å²) in [5.74, 6) is 0.628. The third-order valence-corrected chi connectivity index (χ3v) is 3.78. The van der Waals surface area contributed by atoms with Crippen LogP contribution in [-0.2, 0) is 11.2 Å². The molecule has 1 atom stereocenters. The third-order valence-electron chi connectivity index (χ3n) is 2.51. The van der Waals surface area contributed by atoms with Crippen molar-refractivity contribution in [2.75, 3.05) is 5.32 Å². The van der Waals surface area contributed by atoms with E-state index in [-0.39, 0.29) is 16.3 Å². The Hall–Kier alpha value is -1.60. The molecule has 2 heterocycles. The molecule has 2 aromatic rings. The van der Waals surface area contributed by atoms with Crippen LogP contribution < -0.4 is 5.32 Å². The zero-order valence-corrected chi connectivity index (χ0v) is 12.6. The molecule has 0 saturated carbocycles. The van der Waals surface area contributed by atoms with Crippen LogP contribution in [0.15, 0.2) is 23.5 Å². The van der Waals surface area contributed by atoms with Gasteiger partial charge in [-0.25, -0.2) is 9.97 Å². The van der Waals surface area contributed by atoms with Gasteiger partial charge in [-0.1, -0.05) is 30.3 Å². The maximum Gasteiger partial charge on any atom is 0.237 e. The van der Waals surface area contributed by atoms with Crippen LogP contribution in [0.1, 0.15) is 19.7 Å². The fourth-order valence-corrected chi connectivity index (χ4v) is 2.32. The molecule has 0 saturated heterocycles. The number of halogens is 1. The van der Waals surface area contributed by atoms with Gasteiger partial charge in [-0.15, -0.1) is 5.10 Å². The number of nitrogens with zero attached hydrogens (tertiary/aromatic N) is 3. The Morgan fingerprint density at radius 3 is 3.05 bits per heavy atom. The molecule has 106 valence electrons. The average molecular weight is 312 g/mol. The highest BCUT2D eigenvalue weighted by Gasteiger charge is 2.18. The number of hydrogen-bond donors (Lipinski definition) is 2. The summed E-state index contributed by atoms with van der Waals surface area (Å²) in [6.45, 7) is 3.77. The molecule has 0 aromatic carbocycles. The Bertz CT molecular complexity index is 603. The number of thioether (sulfide) groups is 1. The Morgan fingerprint density at radius 2 is 2.40 bits per heavy atom. The van der Waals surface area contributed by atoms with E-state index in [9.17, 15) is 4.79 Å². The van der Waals surface area contributed by atoms with Crippen molar-refractivity contribution in [1.82, 2.24) is 20.2 Å². The summed E-state index contributed by atoms with van der Waals surface area (Å²) < 4.78 is 0. The lowest BCUT2D eigenvalue weighted by molar-refractivity contribution is -0.115. The van der Waals surface area contributed by atoms with Gasteiger partial charge >= 0.3 is 0 Å². The number of aromatic amines is 1. The minimum atomic E-state index is -0.341. The van der Waals surface area contributed by atoms with E-state index >= 15 is 0 Å². The number of carbonyl (C=O) groups excluding carboxylic acids is 1. The third kappa shape index (κ3) is 3.71. The zero-order chi connectivity index (χ0) is 14.5. The summed E-state index contributed by atoms with van der Waals surface area (Å²) in [7, 11) is 0. The molecule has 1 amide bonds. The number of aryl methyl sites for hydroxylation is 1. The van der Waals surface area contributed by atoms with Crippen LogP contribution in [0.4, 0.5) is 5.69 Å². The summed E-state index contributed by atoms with van der Waals surface area (Å²) in [5.41, 5.74) is 0.496. The average Bonchev–Trinajstić information content (AvgIpc) is 2.89. The molecule has 0 spiro atoms. The minimum absolute atomic E-state index is 0.173. The van der Waals surface area contributed by atoms with Gasteiger partial charge in [0.15, 0.2) is 5.15 Å². The normalized spacial score (nSPS) is 12.2. The number of H-pyrrole nitrogens is 1. The van der Waals surface area contributed by atoms with Gasteiger partial charge in [0.2, 0.25) is 11.1 Å². The molecule has 20 heavy (non-hydrogen) atoms. The molecule has 1 unspecified atom stereocenters.